The first-order valence-corrected chi connectivity index (χ1v) is 8.92. The molecule has 0 radical (unpaired) electrons. The van der Waals surface area contributed by atoms with Crippen molar-refractivity contribution >= 4 is 17.8 Å². The summed E-state index contributed by atoms with van der Waals surface area (Å²) in [7, 11) is 1.56. The average Bonchev–Trinajstić information content (AvgIpc) is 3.35. The summed E-state index contributed by atoms with van der Waals surface area (Å²) >= 11 is 0. The summed E-state index contributed by atoms with van der Waals surface area (Å²) in [6.45, 7) is 0.437. The van der Waals surface area contributed by atoms with Crippen molar-refractivity contribution in [3.05, 3.63) is 54.0 Å². The molecule has 2 aromatic rings. The van der Waals surface area contributed by atoms with Crippen LogP contribution in [-0.4, -0.2) is 42.9 Å². The van der Waals surface area contributed by atoms with Gasteiger partial charge in [0.05, 0.1) is 25.8 Å². The van der Waals surface area contributed by atoms with E-state index in [0.717, 1.165) is 5.56 Å². The lowest BCUT2D eigenvalue weighted by Crippen LogP contribution is -2.31. The first-order chi connectivity index (χ1) is 13.6. The molecule has 1 aliphatic heterocycles. The van der Waals surface area contributed by atoms with Gasteiger partial charge in [0.25, 0.3) is 5.91 Å². The van der Waals surface area contributed by atoms with Gasteiger partial charge in [0.15, 0.2) is 6.61 Å². The van der Waals surface area contributed by atoms with Crippen LogP contribution in [0.1, 0.15) is 17.7 Å². The van der Waals surface area contributed by atoms with Crippen molar-refractivity contribution in [3.8, 4) is 5.75 Å². The summed E-state index contributed by atoms with van der Waals surface area (Å²) in [4.78, 5) is 37.8. The molecule has 2 heterocycles. The first-order valence-electron chi connectivity index (χ1n) is 8.92. The van der Waals surface area contributed by atoms with E-state index in [9.17, 15) is 14.4 Å². The number of carbonyl (C=O) groups excluding carboxylic acids is 3. The van der Waals surface area contributed by atoms with Gasteiger partial charge < -0.3 is 24.1 Å². The van der Waals surface area contributed by atoms with Crippen molar-refractivity contribution in [2.45, 2.75) is 19.5 Å². The lowest BCUT2D eigenvalue weighted by molar-refractivity contribution is -0.152. The number of para-hydroxylation sites is 1. The molecule has 3 rings (SSSR count). The van der Waals surface area contributed by atoms with Crippen LogP contribution >= 0.6 is 0 Å². The Morgan fingerprint density at radius 2 is 2.07 bits per heavy atom. The molecule has 0 bridgehead atoms. The normalized spacial score (nSPS) is 16.1. The monoisotopic (exact) mass is 386 g/mol. The number of methoxy groups -OCH3 is 1. The highest BCUT2D eigenvalue weighted by Crippen LogP contribution is 2.21. The predicted molar refractivity (Wildman–Crippen MR) is 98.0 cm³/mol. The van der Waals surface area contributed by atoms with Gasteiger partial charge in [0, 0.05) is 25.1 Å². The Morgan fingerprint density at radius 1 is 1.25 bits per heavy atom. The van der Waals surface area contributed by atoms with Crippen molar-refractivity contribution in [3.63, 3.8) is 0 Å². The van der Waals surface area contributed by atoms with Gasteiger partial charge in [-0.05, 0) is 18.2 Å². The molecule has 1 fully saturated rings. The van der Waals surface area contributed by atoms with Gasteiger partial charge in [0.1, 0.15) is 11.5 Å². The molecule has 148 valence electrons. The van der Waals surface area contributed by atoms with Crippen molar-refractivity contribution in [2.75, 3.05) is 20.3 Å². The zero-order chi connectivity index (χ0) is 19.9. The Kier molecular flexibility index (Phi) is 6.31. The highest BCUT2D eigenvalue weighted by atomic mass is 16.5. The molecule has 8 nitrogen and oxygen atoms in total. The van der Waals surface area contributed by atoms with Crippen LogP contribution in [0.15, 0.2) is 47.1 Å². The minimum absolute atomic E-state index is 0.0718. The highest BCUT2D eigenvalue weighted by molar-refractivity contribution is 5.88. The summed E-state index contributed by atoms with van der Waals surface area (Å²) in [6.07, 6.45) is 1.60. The lowest BCUT2D eigenvalue weighted by Gasteiger charge is -2.14. The largest absolute Gasteiger partial charge is 0.496 e. The number of furan rings is 1. The van der Waals surface area contributed by atoms with E-state index in [-0.39, 0.29) is 25.4 Å². The second-order valence-corrected chi connectivity index (χ2v) is 6.45. The molecule has 1 saturated heterocycles. The quantitative estimate of drug-likeness (QED) is 0.691. The minimum Gasteiger partial charge on any atom is -0.496 e. The Balaban J connectivity index is 1.42. The van der Waals surface area contributed by atoms with Gasteiger partial charge >= 0.3 is 5.97 Å². The Labute approximate surface area is 162 Å². The van der Waals surface area contributed by atoms with E-state index < -0.39 is 24.4 Å². The van der Waals surface area contributed by atoms with Gasteiger partial charge in [-0.2, -0.15) is 0 Å². The number of hydrogen-bond acceptors (Lipinski definition) is 6. The number of likely N-dealkylation sites (tertiary alicyclic amines) is 1. The van der Waals surface area contributed by atoms with Gasteiger partial charge in [-0.25, -0.2) is 0 Å². The SMILES string of the molecule is COc1ccccc1CNC(=O)COC(=O)[C@H]1CC(=O)N(Cc2ccco2)C1. The number of rotatable bonds is 8. The maximum atomic E-state index is 12.2. The minimum atomic E-state index is -0.579. The molecular weight excluding hydrogens is 364 g/mol. The maximum Gasteiger partial charge on any atom is 0.311 e. The van der Waals surface area contributed by atoms with Crippen LogP contribution in [0, 0.1) is 5.92 Å². The fourth-order valence-electron chi connectivity index (χ4n) is 3.02. The fourth-order valence-corrected chi connectivity index (χ4v) is 3.02. The molecule has 1 N–H and O–H groups in total. The molecular formula is C20H22N2O6. The number of carbonyl (C=O) groups is 3. The van der Waals surface area contributed by atoms with Gasteiger partial charge in [-0.3, -0.25) is 14.4 Å². The third-order valence-corrected chi connectivity index (χ3v) is 4.49. The van der Waals surface area contributed by atoms with E-state index in [0.29, 0.717) is 18.1 Å². The second-order valence-electron chi connectivity index (χ2n) is 6.45. The summed E-state index contributed by atoms with van der Waals surface area (Å²) in [6, 6.07) is 10.8. The summed E-state index contributed by atoms with van der Waals surface area (Å²) in [5.74, 6) is -0.374. The van der Waals surface area contributed by atoms with E-state index in [2.05, 4.69) is 5.32 Å². The van der Waals surface area contributed by atoms with Crippen molar-refractivity contribution in [1.29, 1.82) is 0 Å². The molecule has 28 heavy (non-hydrogen) atoms. The van der Waals surface area contributed by atoms with E-state index >= 15 is 0 Å². The zero-order valence-corrected chi connectivity index (χ0v) is 15.6. The Hall–Kier alpha value is -3.29. The van der Waals surface area contributed by atoms with Crippen LogP contribution < -0.4 is 10.1 Å². The van der Waals surface area contributed by atoms with Crippen LogP contribution in [-0.2, 0) is 32.2 Å². The molecule has 1 aromatic carbocycles. The van der Waals surface area contributed by atoms with Gasteiger partial charge in [-0.15, -0.1) is 0 Å². The van der Waals surface area contributed by atoms with Gasteiger partial charge in [-0.1, -0.05) is 18.2 Å². The first kappa shape index (κ1) is 19.5. The number of nitrogens with zero attached hydrogens (tertiary/aromatic N) is 1. The molecule has 0 unspecified atom stereocenters. The maximum absolute atomic E-state index is 12.2. The third-order valence-electron chi connectivity index (χ3n) is 4.49. The number of amides is 2. The average molecular weight is 386 g/mol. The predicted octanol–water partition coefficient (Wildman–Crippen LogP) is 1.50. The van der Waals surface area contributed by atoms with Crippen LogP contribution in [0.3, 0.4) is 0 Å². The number of esters is 1. The summed E-state index contributed by atoms with van der Waals surface area (Å²) < 4.78 is 15.5. The van der Waals surface area contributed by atoms with Gasteiger partial charge in [0.2, 0.25) is 5.91 Å². The molecule has 1 aliphatic rings. The molecule has 2 amide bonds. The van der Waals surface area contributed by atoms with E-state index in [1.807, 2.05) is 18.2 Å². The molecule has 0 spiro atoms. The molecule has 0 saturated carbocycles. The third kappa shape index (κ3) is 4.91. The summed E-state index contributed by atoms with van der Waals surface area (Å²) in [5, 5.41) is 2.68. The molecule has 0 aliphatic carbocycles. The molecule has 1 atom stereocenters. The molecule has 1 aromatic heterocycles. The molecule has 8 heteroatoms. The standard InChI is InChI=1S/C20H22N2O6/c1-26-17-7-3-2-5-14(17)10-21-18(23)13-28-20(25)15-9-19(24)22(11-15)12-16-6-4-8-27-16/h2-8,15H,9-13H2,1H3,(H,21,23)/t15-/m0/s1. The van der Waals surface area contributed by atoms with Crippen molar-refractivity contribution < 1.29 is 28.3 Å². The van der Waals surface area contributed by atoms with Crippen LogP contribution in [0.25, 0.3) is 0 Å². The van der Waals surface area contributed by atoms with E-state index in [4.69, 9.17) is 13.9 Å². The lowest BCUT2D eigenvalue weighted by atomic mass is 10.1. The van der Waals surface area contributed by atoms with E-state index in [1.54, 1.807) is 30.2 Å². The van der Waals surface area contributed by atoms with Crippen molar-refractivity contribution in [1.82, 2.24) is 10.2 Å². The highest BCUT2D eigenvalue weighted by Gasteiger charge is 2.35. The number of ether oxygens (including phenoxy) is 2. The number of benzene rings is 1. The fraction of sp³-hybridized carbons (Fsp3) is 0.350. The zero-order valence-electron chi connectivity index (χ0n) is 15.6. The smallest absolute Gasteiger partial charge is 0.311 e. The van der Waals surface area contributed by atoms with E-state index in [1.165, 1.54) is 6.26 Å². The summed E-state index contributed by atoms with van der Waals surface area (Å²) in [5.41, 5.74) is 0.819. The van der Waals surface area contributed by atoms with Crippen LogP contribution in [0.2, 0.25) is 0 Å². The Morgan fingerprint density at radius 3 is 2.82 bits per heavy atom. The number of hydrogen-bond donors (Lipinski definition) is 1. The topological polar surface area (TPSA) is 98.1 Å². The Bertz CT molecular complexity index is 833. The van der Waals surface area contributed by atoms with Crippen molar-refractivity contribution in [2.24, 2.45) is 5.92 Å². The van der Waals surface area contributed by atoms with Crippen LogP contribution in [0.5, 0.6) is 5.75 Å². The number of nitrogens with one attached hydrogen (secondary N) is 1. The second kappa shape index (κ2) is 9.07. The van der Waals surface area contributed by atoms with Crippen LogP contribution in [0.4, 0.5) is 0 Å².